The van der Waals surface area contributed by atoms with Crippen LogP contribution in [0.25, 0.3) is 0 Å². The highest BCUT2D eigenvalue weighted by molar-refractivity contribution is 9.10. The number of aromatic carboxylic acids is 1. The summed E-state index contributed by atoms with van der Waals surface area (Å²) in [4.78, 5) is 23.0. The minimum atomic E-state index is -1.08. The van der Waals surface area contributed by atoms with Gasteiger partial charge in [0.2, 0.25) is 0 Å². The van der Waals surface area contributed by atoms with Crippen molar-refractivity contribution in [1.29, 1.82) is 0 Å². The Hall–Kier alpha value is -1.08. The molecule has 2 N–H and O–H groups in total. The summed E-state index contributed by atoms with van der Waals surface area (Å²) in [6, 6.07) is 5.78. The van der Waals surface area contributed by atoms with Crippen LogP contribution in [-0.4, -0.2) is 17.0 Å². The van der Waals surface area contributed by atoms with Gasteiger partial charge < -0.3 is 10.4 Å². The van der Waals surface area contributed by atoms with Crippen LogP contribution in [0, 0.1) is 0 Å². The molecule has 0 aliphatic heterocycles. The van der Waals surface area contributed by atoms with Gasteiger partial charge in [0.1, 0.15) is 4.34 Å². The van der Waals surface area contributed by atoms with E-state index >= 15 is 0 Å². The second-order valence-electron chi connectivity index (χ2n) is 3.69. The number of rotatable bonds is 3. The van der Waals surface area contributed by atoms with Crippen molar-refractivity contribution in [2.24, 2.45) is 0 Å². The molecule has 104 valence electrons. The van der Waals surface area contributed by atoms with Crippen molar-refractivity contribution < 1.29 is 14.7 Å². The molecule has 0 bridgehead atoms. The minimum Gasteiger partial charge on any atom is -0.478 e. The fraction of sp³-hybridized carbons (Fsp3) is 0. The smallest absolute Gasteiger partial charge is 0.335 e. The van der Waals surface area contributed by atoms with Crippen molar-refractivity contribution in [3.05, 3.63) is 48.5 Å². The third kappa shape index (κ3) is 3.32. The van der Waals surface area contributed by atoms with Gasteiger partial charge in [-0.3, -0.25) is 4.79 Å². The molecule has 2 aromatic rings. The molecule has 2 rings (SSSR count). The molecule has 0 spiro atoms. The summed E-state index contributed by atoms with van der Waals surface area (Å²) in [5.41, 5.74) is 0.653. The molecule has 0 radical (unpaired) electrons. The highest BCUT2D eigenvalue weighted by Crippen LogP contribution is 2.32. The highest BCUT2D eigenvalue weighted by atomic mass is 79.9. The summed E-state index contributed by atoms with van der Waals surface area (Å²) in [7, 11) is 0. The van der Waals surface area contributed by atoms with Crippen LogP contribution in [0.1, 0.15) is 20.7 Å². The summed E-state index contributed by atoms with van der Waals surface area (Å²) < 4.78 is 1.24. The number of thiophene rings is 1. The number of carboxylic acids is 1. The van der Waals surface area contributed by atoms with Gasteiger partial charge in [0.25, 0.3) is 5.91 Å². The number of nitrogens with one attached hydrogen (secondary N) is 1. The van der Waals surface area contributed by atoms with Gasteiger partial charge in [0.15, 0.2) is 0 Å². The van der Waals surface area contributed by atoms with Gasteiger partial charge in [-0.05, 0) is 40.2 Å². The summed E-state index contributed by atoms with van der Waals surface area (Å²) >= 11 is 16.0. The predicted molar refractivity (Wildman–Crippen MR) is 83.4 cm³/mol. The van der Waals surface area contributed by atoms with E-state index in [1.165, 1.54) is 18.2 Å². The zero-order valence-corrected chi connectivity index (χ0v) is 13.5. The Balaban J connectivity index is 2.30. The SMILES string of the molecule is O=C(O)c1ccc(Br)c(NC(=O)c2cc(Cl)sc2Cl)c1. The average molecular weight is 395 g/mol. The first-order valence-corrected chi connectivity index (χ1v) is 7.54. The molecule has 1 aromatic carbocycles. The van der Waals surface area contributed by atoms with Gasteiger partial charge in [0.05, 0.1) is 21.2 Å². The van der Waals surface area contributed by atoms with E-state index in [1.54, 1.807) is 6.07 Å². The molecule has 0 aliphatic rings. The monoisotopic (exact) mass is 393 g/mol. The lowest BCUT2D eigenvalue weighted by atomic mass is 10.2. The maximum atomic E-state index is 12.1. The topological polar surface area (TPSA) is 66.4 Å². The fourth-order valence-electron chi connectivity index (χ4n) is 1.44. The molecule has 1 amide bonds. The van der Waals surface area contributed by atoms with Crippen LogP contribution >= 0.6 is 50.5 Å². The zero-order chi connectivity index (χ0) is 14.9. The molecule has 1 heterocycles. The lowest BCUT2D eigenvalue weighted by Gasteiger charge is -2.07. The lowest BCUT2D eigenvalue weighted by Crippen LogP contribution is -2.12. The standard InChI is InChI=1S/C12H6BrCl2NO3S/c13-7-2-1-5(12(18)19)3-8(7)16-11(17)6-4-9(14)20-10(6)15/h1-4H,(H,16,17)(H,18,19). The number of benzene rings is 1. The van der Waals surface area contributed by atoms with E-state index < -0.39 is 11.9 Å². The third-order valence-corrected chi connectivity index (χ3v) is 4.54. The quantitative estimate of drug-likeness (QED) is 0.787. The first kappa shape index (κ1) is 15.3. The van der Waals surface area contributed by atoms with Crippen LogP contribution < -0.4 is 5.32 Å². The molecule has 0 saturated carbocycles. The minimum absolute atomic E-state index is 0.0675. The van der Waals surface area contributed by atoms with Crippen molar-refractivity contribution in [1.82, 2.24) is 0 Å². The molecular weight excluding hydrogens is 389 g/mol. The van der Waals surface area contributed by atoms with Crippen LogP contribution in [0.4, 0.5) is 5.69 Å². The van der Waals surface area contributed by atoms with Gasteiger partial charge in [0, 0.05) is 4.47 Å². The Kier molecular flexibility index (Phi) is 4.70. The van der Waals surface area contributed by atoms with Crippen LogP contribution in [0.2, 0.25) is 8.67 Å². The Morgan fingerprint density at radius 2 is 1.95 bits per heavy atom. The van der Waals surface area contributed by atoms with Crippen molar-refractivity contribution >= 4 is 68.0 Å². The van der Waals surface area contributed by atoms with E-state index in [0.717, 1.165) is 11.3 Å². The van der Waals surface area contributed by atoms with Gasteiger partial charge >= 0.3 is 5.97 Å². The van der Waals surface area contributed by atoms with Crippen molar-refractivity contribution in [2.45, 2.75) is 0 Å². The van der Waals surface area contributed by atoms with Gasteiger partial charge in [-0.1, -0.05) is 23.2 Å². The average Bonchev–Trinajstić information content (AvgIpc) is 2.71. The van der Waals surface area contributed by atoms with E-state index in [1.807, 2.05) is 0 Å². The van der Waals surface area contributed by atoms with Crippen LogP contribution in [0.5, 0.6) is 0 Å². The predicted octanol–water partition coefficient (Wildman–Crippen LogP) is 4.77. The normalized spacial score (nSPS) is 10.3. The van der Waals surface area contributed by atoms with E-state index in [4.69, 9.17) is 28.3 Å². The first-order chi connectivity index (χ1) is 9.38. The maximum Gasteiger partial charge on any atom is 0.335 e. The summed E-state index contributed by atoms with van der Waals surface area (Å²) in [5.74, 6) is -1.54. The molecule has 0 atom stereocenters. The molecule has 0 fully saturated rings. The number of hydrogen-bond donors (Lipinski definition) is 2. The van der Waals surface area contributed by atoms with E-state index in [9.17, 15) is 9.59 Å². The molecule has 0 aliphatic carbocycles. The molecule has 0 saturated heterocycles. The number of carbonyl (C=O) groups is 2. The molecule has 0 unspecified atom stereocenters. The second kappa shape index (κ2) is 6.13. The largest absolute Gasteiger partial charge is 0.478 e. The number of carboxylic acid groups (broad SMARTS) is 1. The maximum absolute atomic E-state index is 12.1. The summed E-state index contributed by atoms with van der Waals surface area (Å²) in [6.45, 7) is 0. The van der Waals surface area contributed by atoms with Crippen LogP contribution in [0.15, 0.2) is 28.7 Å². The Labute approximate surface area is 136 Å². The number of halogens is 3. The van der Waals surface area contributed by atoms with Gasteiger partial charge in [-0.25, -0.2) is 4.79 Å². The van der Waals surface area contributed by atoms with Crippen LogP contribution in [-0.2, 0) is 0 Å². The highest BCUT2D eigenvalue weighted by Gasteiger charge is 2.16. The van der Waals surface area contributed by atoms with E-state index in [0.29, 0.717) is 14.5 Å². The van der Waals surface area contributed by atoms with Gasteiger partial charge in [-0.2, -0.15) is 0 Å². The summed E-state index contributed by atoms with van der Waals surface area (Å²) in [5, 5.41) is 11.5. The van der Waals surface area contributed by atoms with Crippen molar-refractivity contribution in [3.63, 3.8) is 0 Å². The number of carbonyl (C=O) groups excluding carboxylic acids is 1. The van der Waals surface area contributed by atoms with E-state index in [-0.39, 0.29) is 15.5 Å². The number of hydrogen-bond acceptors (Lipinski definition) is 3. The third-order valence-electron chi connectivity index (χ3n) is 2.36. The first-order valence-electron chi connectivity index (χ1n) is 5.17. The summed E-state index contributed by atoms with van der Waals surface area (Å²) in [6.07, 6.45) is 0. The zero-order valence-electron chi connectivity index (χ0n) is 9.62. The van der Waals surface area contributed by atoms with Crippen molar-refractivity contribution in [3.8, 4) is 0 Å². The molecule has 4 nitrogen and oxygen atoms in total. The Bertz CT molecular complexity index is 702. The lowest BCUT2D eigenvalue weighted by molar-refractivity contribution is 0.0696. The fourth-order valence-corrected chi connectivity index (χ4v) is 3.24. The van der Waals surface area contributed by atoms with Gasteiger partial charge in [-0.15, -0.1) is 11.3 Å². The second-order valence-corrected chi connectivity index (χ2v) is 6.83. The van der Waals surface area contributed by atoms with Crippen molar-refractivity contribution in [2.75, 3.05) is 5.32 Å². The van der Waals surface area contributed by atoms with Crippen LogP contribution in [0.3, 0.4) is 0 Å². The molecule has 20 heavy (non-hydrogen) atoms. The molecule has 1 aromatic heterocycles. The number of amides is 1. The molecule has 8 heteroatoms. The Morgan fingerprint density at radius 3 is 2.50 bits per heavy atom. The van der Waals surface area contributed by atoms with E-state index in [2.05, 4.69) is 21.2 Å². The Morgan fingerprint density at radius 1 is 1.25 bits per heavy atom. The molecular formula is C12H6BrCl2NO3S. The number of anilines is 1.